The van der Waals surface area contributed by atoms with Crippen molar-refractivity contribution in [2.24, 2.45) is 0 Å². The van der Waals surface area contributed by atoms with Crippen molar-refractivity contribution < 1.29 is 18.0 Å². The second-order valence-electron chi connectivity index (χ2n) is 7.44. The molecule has 2 amide bonds. The number of piperazine rings is 1. The molecule has 0 aromatic heterocycles. The summed E-state index contributed by atoms with van der Waals surface area (Å²) in [6.45, 7) is 5.98. The van der Waals surface area contributed by atoms with Crippen molar-refractivity contribution in [2.75, 3.05) is 61.5 Å². The number of anilines is 2. The molecule has 2 aliphatic rings. The lowest BCUT2D eigenvalue weighted by atomic mass is 10.2. The Morgan fingerprint density at radius 2 is 1.79 bits per heavy atom. The van der Waals surface area contributed by atoms with Gasteiger partial charge in [0.25, 0.3) is 0 Å². The molecule has 2 aliphatic heterocycles. The van der Waals surface area contributed by atoms with Crippen LogP contribution in [0.15, 0.2) is 24.3 Å². The fourth-order valence-corrected chi connectivity index (χ4v) is 5.45. The Kier molecular flexibility index (Phi) is 6.24. The summed E-state index contributed by atoms with van der Waals surface area (Å²) in [7, 11) is -1.02. The van der Waals surface area contributed by atoms with Crippen molar-refractivity contribution in [3.05, 3.63) is 24.3 Å². The van der Waals surface area contributed by atoms with Gasteiger partial charge in [0.2, 0.25) is 0 Å². The zero-order valence-electron chi connectivity index (χ0n) is 16.4. The van der Waals surface area contributed by atoms with Gasteiger partial charge in [0.15, 0.2) is 9.84 Å². The molecule has 2 heterocycles. The third-order valence-corrected chi connectivity index (χ3v) is 7.19. The maximum absolute atomic E-state index is 12.5. The van der Waals surface area contributed by atoms with E-state index in [4.69, 9.17) is 0 Å². The number of carbonyl (C=O) groups is 2. The number of nitrogens with one attached hydrogen (secondary N) is 1. The van der Waals surface area contributed by atoms with Crippen LogP contribution < -0.4 is 10.2 Å². The van der Waals surface area contributed by atoms with Crippen molar-refractivity contribution in [3.63, 3.8) is 0 Å². The van der Waals surface area contributed by atoms with Crippen LogP contribution in [0, 0.1) is 0 Å². The maximum atomic E-state index is 12.5. The van der Waals surface area contributed by atoms with E-state index >= 15 is 0 Å². The van der Waals surface area contributed by atoms with Crippen molar-refractivity contribution in [3.8, 4) is 0 Å². The van der Waals surface area contributed by atoms with Gasteiger partial charge in [0.1, 0.15) is 0 Å². The minimum atomic E-state index is -3.12. The molecule has 1 aromatic rings. The van der Waals surface area contributed by atoms with Crippen LogP contribution in [0.5, 0.6) is 0 Å². The number of rotatable bonds is 4. The van der Waals surface area contributed by atoms with Crippen molar-refractivity contribution in [2.45, 2.75) is 19.4 Å². The molecule has 2 fully saturated rings. The molecule has 1 unspecified atom stereocenters. The van der Waals surface area contributed by atoms with Gasteiger partial charge in [-0.2, -0.15) is 0 Å². The van der Waals surface area contributed by atoms with E-state index in [1.165, 1.54) is 4.90 Å². The molecule has 28 heavy (non-hydrogen) atoms. The molecular weight excluding hydrogens is 380 g/mol. The van der Waals surface area contributed by atoms with E-state index < -0.39 is 27.7 Å². The van der Waals surface area contributed by atoms with Gasteiger partial charge in [-0.15, -0.1) is 0 Å². The first-order chi connectivity index (χ1) is 13.3. The predicted molar refractivity (Wildman–Crippen MR) is 109 cm³/mol. The number of likely N-dealkylation sites (N-methyl/N-ethyl adjacent to an activating group) is 2. The predicted octanol–water partition coefficient (Wildman–Crippen LogP) is 0.413. The number of carbonyl (C=O) groups excluding carboxylic acids is 2. The molecule has 0 aliphatic carbocycles. The number of hydrogen-bond donors (Lipinski definition) is 1. The summed E-state index contributed by atoms with van der Waals surface area (Å²) in [5.74, 6) is -1.43. The zero-order chi connectivity index (χ0) is 20.3. The van der Waals surface area contributed by atoms with Gasteiger partial charge in [-0.1, -0.05) is 0 Å². The minimum Gasteiger partial charge on any atom is -0.369 e. The van der Waals surface area contributed by atoms with E-state index in [0.29, 0.717) is 18.7 Å². The summed E-state index contributed by atoms with van der Waals surface area (Å²) in [6, 6.07) is 7.02. The summed E-state index contributed by atoms with van der Waals surface area (Å²) in [6.07, 6.45) is 0.384. The number of nitrogens with zero attached hydrogens (tertiary/aromatic N) is 3. The summed E-state index contributed by atoms with van der Waals surface area (Å²) < 4.78 is 23.4. The zero-order valence-corrected chi connectivity index (χ0v) is 17.2. The molecule has 1 aromatic carbocycles. The van der Waals surface area contributed by atoms with Crippen LogP contribution in [0.3, 0.4) is 0 Å². The quantitative estimate of drug-likeness (QED) is 0.726. The van der Waals surface area contributed by atoms with Gasteiger partial charge in [0.05, 0.1) is 11.5 Å². The van der Waals surface area contributed by atoms with Crippen LogP contribution in [0.4, 0.5) is 11.4 Å². The van der Waals surface area contributed by atoms with Crippen LogP contribution in [-0.4, -0.2) is 87.4 Å². The molecule has 2 saturated heterocycles. The highest BCUT2D eigenvalue weighted by molar-refractivity contribution is 7.91. The van der Waals surface area contributed by atoms with E-state index in [0.717, 1.165) is 31.9 Å². The first-order valence-corrected chi connectivity index (χ1v) is 11.5. The molecule has 1 N–H and O–H groups in total. The van der Waals surface area contributed by atoms with Gasteiger partial charge in [-0.05, 0) is 44.7 Å². The fraction of sp³-hybridized carbons (Fsp3) is 0.579. The Balaban J connectivity index is 1.59. The lowest BCUT2D eigenvalue weighted by Crippen LogP contribution is -2.46. The molecule has 154 valence electrons. The molecule has 9 heteroatoms. The second kappa shape index (κ2) is 8.48. The highest BCUT2D eigenvalue weighted by Gasteiger charge is 2.36. The van der Waals surface area contributed by atoms with Crippen LogP contribution >= 0.6 is 0 Å². The van der Waals surface area contributed by atoms with E-state index in [2.05, 4.69) is 22.2 Å². The molecule has 8 nitrogen and oxygen atoms in total. The Morgan fingerprint density at radius 1 is 1.14 bits per heavy atom. The van der Waals surface area contributed by atoms with E-state index in [1.54, 1.807) is 19.1 Å². The van der Waals surface area contributed by atoms with Gasteiger partial charge in [-0.3, -0.25) is 9.59 Å². The fourth-order valence-electron chi connectivity index (χ4n) is 3.72. The standard InChI is InChI=1S/C19H28N4O4S/c1-3-23(17-8-13-28(26,27)14-17)19(25)18(24)20-15-4-6-16(7-5-15)22-11-9-21(2)10-12-22/h4-7,17H,3,8-14H2,1-2H3,(H,20,24). The maximum Gasteiger partial charge on any atom is 0.313 e. The second-order valence-corrected chi connectivity index (χ2v) is 9.67. The van der Waals surface area contributed by atoms with Crippen LogP contribution in [0.25, 0.3) is 0 Å². The van der Waals surface area contributed by atoms with Crippen LogP contribution in [0.2, 0.25) is 0 Å². The topological polar surface area (TPSA) is 90.0 Å². The summed E-state index contributed by atoms with van der Waals surface area (Å²) in [4.78, 5) is 30.8. The van der Waals surface area contributed by atoms with Crippen LogP contribution in [-0.2, 0) is 19.4 Å². The highest BCUT2D eigenvalue weighted by atomic mass is 32.2. The monoisotopic (exact) mass is 408 g/mol. The minimum absolute atomic E-state index is 0.0663. The highest BCUT2D eigenvalue weighted by Crippen LogP contribution is 2.21. The average Bonchev–Trinajstić information content (AvgIpc) is 3.03. The Morgan fingerprint density at radius 3 is 2.32 bits per heavy atom. The van der Waals surface area contributed by atoms with Gasteiger partial charge < -0.3 is 20.0 Å². The van der Waals surface area contributed by atoms with Crippen LogP contribution in [0.1, 0.15) is 13.3 Å². The van der Waals surface area contributed by atoms with E-state index in [9.17, 15) is 18.0 Å². The largest absolute Gasteiger partial charge is 0.369 e. The molecular formula is C19H28N4O4S. The first kappa shape index (κ1) is 20.6. The SMILES string of the molecule is CCN(C(=O)C(=O)Nc1ccc(N2CCN(C)CC2)cc1)C1CCS(=O)(=O)C1. The van der Waals surface area contributed by atoms with Crippen molar-refractivity contribution in [1.29, 1.82) is 0 Å². The lowest BCUT2D eigenvalue weighted by molar-refractivity contribution is -0.144. The lowest BCUT2D eigenvalue weighted by Gasteiger charge is -2.34. The Bertz CT molecular complexity index is 817. The third kappa shape index (κ3) is 4.82. The smallest absolute Gasteiger partial charge is 0.313 e. The molecule has 3 rings (SSSR count). The third-order valence-electron chi connectivity index (χ3n) is 5.44. The normalized spacial score (nSPS) is 22.1. The number of sulfone groups is 1. The number of benzene rings is 1. The van der Waals surface area contributed by atoms with E-state index in [1.807, 2.05) is 12.1 Å². The van der Waals surface area contributed by atoms with Gasteiger partial charge in [0, 0.05) is 50.1 Å². The van der Waals surface area contributed by atoms with Gasteiger partial charge in [-0.25, -0.2) is 8.42 Å². The number of amides is 2. The first-order valence-electron chi connectivity index (χ1n) is 9.65. The van der Waals surface area contributed by atoms with Gasteiger partial charge >= 0.3 is 11.8 Å². The van der Waals surface area contributed by atoms with E-state index in [-0.39, 0.29) is 11.5 Å². The molecule has 0 bridgehead atoms. The Hall–Kier alpha value is -2.13. The average molecular weight is 409 g/mol. The molecule has 0 spiro atoms. The molecule has 1 atom stereocenters. The summed E-state index contributed by atoms with van der Waals surface area (Å²) in [5.41, 5.74) is 1.63. The summed E-state index contributed by atoms with van der Waals surface area (Å²) in [5, 5.41) is 2.63. The molecule has 0 radical (unpaired) electrons. The Labute approximate surface area is 166 Å². The van der Waals surface area contributed by atoms with Crippen molar-refractivity contribution >= 4 is 33.0 Å². The molecule has 0 saturated carbocycles. The summed E-state index contributed by atoms with van der Waals surface area (Å²) >= 11 is 0. The van der Waals surface area contributed by atoms with Crippen molar-refractivity contribution in [1.82, 2.24) is 9.80 Å². The number of hydrogen-bond acceptors (Lipinski definition) is 6.